The Morgan fingerprint density at radius 2 is 2.17 bits per heavy atom. The first-order valence-electron chi connectivity index (χ1n) is 4.97. The van der Waals surface area contributed by atoms with Crippen molar-refractivity contribution in [1.82, 2.24) is 9.97 Å². The number of nitrogens with one attached hydrogen (secondary N) is 1. The monoisotopic (exact) mass is 302 g/mol. The standard InChI is InChI=1S/C12H7BrN4O/c13-10-3-9(6-15-7-10)12(18)17-11-2-1-8(4-14)5-16-11/h1-3,5-7H,(H,16,17,18). The minimum absolute atomic E-state index is 0.305. The highest BCUT2D eigenvalue weighted by atomic mass is 79.9. The van der Waals surface area contributed by atoms with E-state index in [0.29, 0.717) is 16.9 Å². The van der Waals surface area contributed by atoms with Crippen molar-refractivity contribution < 1.29 is 4.79 Å². The van der Waals surface area contributed by atoms with Gasteiger partial charge < -0.3 is 5.32 Å². The van der Waals surface area contributed by atoms with E-state index in [1.165, 1.54) is 12.4 Å². The Labute approximate surface area is 112 Å². The van der Waals surface area contributed by atoms with E-state index in [2.05, 4.69) is 31.2 Å². The van der Waals surface area contributed by atoms with Gasteiger partial charge in [0, 0.05) is 23.1 Å². The van der Waals surface area contributed by atoms with Crippen LogP contribution in [0.1, 0.15) is 15.9 Å². The fourth-order valence-corrected chi connectivity index (χ4v) is 1.62. The van der Waals surface area contributed by atoms with Crippen LogP contribution in [0.25, 0.3) is 0 Å². The molecule has 2 rings (SSSR count). The van der Waals surface area contributed by atoms with Crippen LogP contribution in [0.2, 0.25) is 0 Å². The second kappa shape index (κ2) is 5.38. The zero-order valence-electron chi connectivity index (χ0n) is 9.09. The molecule has 0 bridgehead atoms. The van der Waals surface area contributed by atoms with Gasteiger partial charge in [-0.15, -0.1) is 0 Å². The molecule has 0 atom stereocenters. The summed E-state index contributed by atoms with van der Waals surface area (Å²) < 4.78 is 0.725. The number of nitriles is 1. The van der Waals surface area contributed by atoms with Crippen LogP contribution in [-0.2, 0) is 0 Å². The molecule has 5 nitrogen and oxygen atoms in total. The normalized spacial score (nSPS) is 9.56. The SMILES string of the molecule is N#Cc1ccc(NC(=O)c2cncc(Br)c2)nc1. The summed E-state index contributed by atoms with van der Waals surface area (Å²) in [6.45, 7) is 0. The first-order chi connectivity index (χ1) is 8.69. The second-order valence-electron chi connectivity index (χ2n) is 3.39. The van der Waals surface area contributed by atoms with Crippen molar-refractivity contribution >= 4 is 27.7 Å². The Bertz CT molecular complexity index is 619. The van der Waals surface area contributed by atoms with Crippen molar-refractivity contribution in [2.24, 2.45) is 0 Å². The Kier molecular flexibility index (Phi) is 3.65. The van der Waals surface area contributed by atoms with Crippen molar-refractivity contribution in [2.75, 3.05) is 5.32 Å². The minimum atomic E-state index is -0.305. The number of aromatic nitrogens is 2. The largest absolute Gasteiger partial charge is 0.307 e. The molecule has 0 saturated carbocycles. The number of halogens is 1. The van der Waals surface area contributed by atoms with Crippen molar-refractivity contribution in [3.05, 3.63) is 52.4 Å². The molecule has 18 heavy (non-hydrogen) atoms. The van der Waals surface area contributed by atoms with Gasteiger partial charge in [-0.3, -0.25) is 9.78 Å². The summed E-state index contributed by atoms with van der Waals surface area (Å²) in [5, 5.41) is 11.2. The van der Waals surface area contributed by atoms with Crippen LogP contribution in [0, 0.1) is 11.3 Å². The van der Waals surface area contributed by atoms with Crippen molar-refractivity contribution in [3.8, 4) is 6.07 Å². The first-order valence-corrected chi connectivity index (χ1v) is 5.76. The highest BCUT2D eigenvalue weighted by molar-refractivity contribution is 9.10. The molecule has 1 N–H and O–H groups in total. The molecule has 0 fully saturated rings. The molecule has 0 aliphatic heterocycles. The van der Waals surface area contributed by atoms with Gasteiger partial charge in [-0.2, -0.15) is 5.26 Å². The first kappa shape index (κ1) is 12.2. The smallest absolute Gasteiger partial charge is 0.258 e. The Hall–Kier alpha value is -2.26. The maximum absolute atomic E-state index is 11.8. The number of hydrogen-bond donors (Lipinski definition) is 1. The van der Waals surface area contributed by atoms with Crippen molar-refractivity contribution in [1.29, 1.82) is 5.26 Å². The third-order valence-corrected chi connectivity index (χ3v) is 2.53. The molecule has 2 aromatic rings. The summed E-state index contributed by atoms with van der Waals surface area (Å²) in [4.78, 5) is 19.7. The summed E-state index contributed by atoms with van der Waals surface area (Å²) in [7, 11) is 0. The van der Waals surface area contributed by atoms with Crippen LogP contribution < -0.4 is 5.32 Å². The Balaban J connectivity index is 2.14. The number of anilines is 1. The van der Waals surface area contributed by atoms with Gasteiger partial charge >= 0.3 is 0 Å². The van der Waals surface area contributed by atoms with Crippen LogP contribution >= 0.6 is 15.9 Å². The lowest BCUT2D eigenvalue weighted by molar-refractivity contribution is 0.102. The topological polar surface area (TPSA) is 78.7 Å². The van der Waals surface area contributed by atoms with E-state index in [0.717, 1.165) is 4.47 Å². The molecule has 0 aliphatic carbocycles. The molecule has 0 radical (unpaired) electrons. The molecule has 88 valence electrons. The maximum Gasteiger partial charge on any atom is 0.258 e. The summed E-state index contributed by atoms with van der Waals surface area (Å²) in [5.41, 5.74) is 0.868. The van der Waals surface area contributed by atoms with Gasteiger partial charge in [-0.1, -0.05) is 0 Å². The third-order valence-electron chi connectivity index (χ3n) is 2.10. The van der Waals surface area contributed by atoms with Gasteiger partial charge in [0.15, 0.2) is 0 Å². The van der Waals surface area contributed by atoms with Gasteiger partial charge in [0.25, 0.3) is 5.91 Å². The molecule has 0 saturated heterocycles. The third kappa shape index (κ3) is 2.90. The van der Waals surface area contributed by atoms with Crippen LogP contribution in [0.15, 0.2) is 41.3 Å². The molecular formula is C12H7BrN4O. The van der Waals surface area contributed by atoms with Gasteiger partial charge in [0.2, 0.25) is 0 Å². The number of hydrogen-bond acceptors (Lipinski definition) is 4. The van der Waals surface area contributed by atoms with E-state index in [1.807, 2.05) is 6.07 Å². The van der Waals surface area contributed by atoms with Gasteiger partial charge in [0.05, 0.1) is 11.1 Å². The summed E-state index contributed by atoms with van der Waals surface area (Å²) in [6, 6.07) is 6.77. The molecule has 1 amide bonds. The fourth-order valence-electron chi connectivity index (χ4n) is 1.26. The van der Waals surface area contributed by atoms with Crippen LogP contribution in [0.3, 0.4) is 0 Å². The zero-order chi connectivity index (χ0) is 13.0. The molecule has 0 aliphatic rings. The lowest BCUT2D eigenvalue weighted by atomic mass is 10.2. The van der Waals surface area contributed by atoms with E-state index < -0.39 is 0 Å². The molecule has 0 spiro atoms. The Morgan fingerprint density at radius 1 is 1.33 bits per heavy atom. The van der Waals surface area contributed by atoms with Crippen LogP contribution in [0.4, 0.5) is 5.82 Å². The minimum Gasteiger partial charge on any atom is -0.307 e. The molecule has 0 unspecified atom stereocenters. The maximum atomic E-state index is 11.8. The van der Waals surface area contributed by atoms with Crippen LogP contribution in [-0.4, -0.2) is 15.9 Å². The lowest BCUT2D eigenvalue weighted by Gasteiger charge is -2.04. The summed E-state index contributed by atoms with van der Waals surface area (Å²) in [5.74, 6) is 0.0833. The Morgan fingerprint density at radius 3 is 2.78 bits per heavy atom. The van der Waals surface area contributed by atoms with E-state index in [1.54, 1.807) is 24.4 Å². The van der Waals surface area contributed by atoms with Gasteiger partial charge in [-0.25, -0.2) is 4.98 Å². The predicted octanol–water partition coefficient (Wildman–Crippen LogP) is 2.36. The zero-order valence-corrected chi connectivity index (χ0v) is 10.7. The predicted molar refractivity (Wildman–Crippen MR) is 68.8 cm³/mol. The molecule has 0 aromatic carbocycles. The van der Waals surface area contributed by atoms with E-state index >= 15 is 0 Å². The molecular weight excluding hydrogens is 296 g/mol. The molecule has 2 aromatic heterocycles. The second-order valence-corrected chi connectivity index (χ2v) is 4.31. The van der Waals surface area contributed by atoms with E-state index in [4.69, 9.17) is 5.26 Å². The molecule has 2 heterocycles. The highest BCUT2D eigenvalue weighted by Crippen LogP contribution is 2.11. The van der Waals surface area contributed by atoms with Crippen molar-refractivity contribution in [2.45, 2.75) is 0 Å². The average molecular weight is 303 g/mol. The fraction of sp³-hybridized carbons (Fsp3) is 0. The van der Waals surface area contributed by atoms with Crippen molar-refractivity contribution in [3.63, 3.8) is 0 Å². The number of carbonyl (C=O) groups excluding carboxylic acids is 1. The van der Waals surface area contributed by atoms with Crippen LogP contribution in [0.5, 0.6) is 0 Å². The number of pyridine rings is 2. The summed E-state index contributed by atoms with van der Waals surface area (Å²) in [6.07, 6.45) is 4.45. The number of rotatable bonds is 2. The molecule has 6 heteroatoms. The summed E-state index contributed by atoms with van der Waals surface area (Å²) >= 11 is 3.24. The number of carbonyl (C=O) groups is 1. The average Bonchev–Trinajstić information content (AvgIpc) is 2.39. The van der Waals surface area contributed by atoms with E-state index in [-0.39, 0.29) is 5.91 Å². The quantitative estimate of drug-likeness (QED) is 0.923. The highest BCUT2D eigenvalue weighted by Gasteiger charge is 2.07. The number of nitrogens with zero attached hydrogens (tertiary/aromatic N) is 3. The lowest BCUT2D eigenvalue weighted by Crippen LogP contribution is -2.13. The van der Waals surface area contributed by atoms with Gasteiger partial charge in [0.1, 0.15) is 11.9 Å². The van der Waals surface area contributed by atoms with E-state index in [9.17, 15) is 4.79 Å². The van der Waals surface area contributed by atoms with Gasteiger partial charge in [-0.05, 0) is 34.1 Å². The number of amides is 1.